The third-order valence-corrected chi connectivity index (χ3v) is 3.65. The highest BCUT2D eigenvalue weighted by atomic mass is 79.9. The van der Waals surface area contributed by atoms with Crippen LogP contribution in [0, 0.1) is 6.92 Å². The molecule has 0 amide bonds. The van der Waals surface area contributed by atoms with Gasteiger partial charge in [-0.2, -0.15) is 0 Å². The lowest BCUT2D eigenvalue weighted by atomic mass is 10.0. The summed E-state index contributed by atoms with van der Waals surface area (Å²) in [6, 6.07) is 6.31. The second-order valence-corrected chi connectivity index (χ2v) is 5.44. The van der Waals surface area contributed by atoms with E-state index in [1.807, 2.05) is 7.05 Å². The van der Waals surface area contributed by atoms with Crippen LogP contribution >= 0.6 is 15.9 Å². The minimum atomic E-state index is 0.435. The van der Waals surface area contributed by atoms with E-state index in [2.05, 4.69) is 60.2 Å². The summed E-state index contributed by atoms with van der Waals surface area (Å²) in [5.74, 6) is 0.435. The highest BCUT2D eigenvalue weighted by Gasteiger charge is 2.11. The van der Waals surface area contributed by atoms with Gasteiger partial charge < -0.3 is 5.32 Å². The molecule has 2 rings (SSSR count). The molecule has 0 unspecified atom stereocenters. The van der Waals surface area contributed by atoms with Crippen molar-refractivity contribution in [3.63, 3.8) is 0 Å². The standard InChI is InChI=1S/C14H17BrN2/c1-8(2)11-7-12(16-4)13-10(15)6-5-9(3)14(13)17-11/h5-8H,1-4H3,(H,16,17). The molecule has 0 saturated carbocycles. The SMILES string of the molecule is CNc1cc(C(C)C)nc2c(C)ccc(Br)c12. The van der Waals surface area contributed by atoms with E-state index in [9.17, 15) is 0 Å². The number of nitrogens with one attached hydrogen (secondary N) is 1. The molecule has 1 N–H and O–H groups in total. The molecule has 0 bridgehead atoms. The Hall–Kier alpha value is -1.09. The molecule has 1 heterocycles. The first-order chi connectivity index (χ1) is 8.04. The Morgan fingerprint density at radius 2 is 2.00 bits per heavy atom. The quantitative estimate of drug-likeness (QED) is 0.883. The van der Waals surface area contributed by atoms with Crippen molar-refractivity contribution >= 4 is 32.5 Å². The van der Waals surface area contributed by atoms with Crippen LogP contribution in [-0.2, 0) is 0 Å². The summed E-state index contributed by atoms with van der Waals surface area (Å²) in [5.41, 5.74) is 4.55. The predicted octanol–water partition coefficient (Wildman–Crippen LogP) is 4.47. The van der Waals surface area contributed by atoms with Crippen molar-refractivity contribution in [3.05, 3.63) is 33.9 Å². The summed E-state index contributed by atoms with van der Waals surface area (Å²) in [4.78, 5) is 4.77. The van der Waals surface area contributed by atoms with Crippen LogP contribution in [0.4, 0.5) is 5.69 Å². The number of rotatable bonds is 2. The van der Waals surface area contributed by atoms with Crippen LogP contribution < -0.4 is 5.32 Å². The van der Waals surface area contributed by atoms with Gasteiger partial charge >= 0.3 is 0 Å². The molecule has 2 nitrogen and oxygen atoms in total. The van der Waals surface area contributed by atoms with Crippen LogP contribution in [0.1, 0.15) is 31.0 Å². The van der Waals surface area contributed by atoms with Gasteiger partial charge in [-0.25, -0.2) is 0 Å². The lowest BCUT2D eigenvalue weighted by Gasteiger charge is -2.14. The lowest BCUT2D eigenvalue weighted by Crippen LogP contribution is -1.99. The second-order valence-electron chi connectivity index (χ2n) is 4.59. The molecule has 17 heavy (non-hydrogen) atoms. The molecule has 0 radical (unpaired) electrons. The summed E-state index contributed by atoms with van der Waals surface area (Å²) < 4.78 is 1.09. The largest absolute Gasteiger partial charge is 0.387 e. The summed E-state index contributed by atoms with van der Waals surface area (Å²) in [7, 11) is 1.95. The normalized spacial score (nSPS) is 11.2. The lowest BCUT2D eigenvalue weighted by molar-refractivity contribution is 0.830. The minimum absolute atomic E-state index is 0.435. The van der Waals surface area contributed by atoms with E-state index in [0.29, 0.717) is 5.92 Å². The Labute approximate surface area is 111 Å². The van der Waals surface area contributed by atoms with Crippen LogP contribution in [0.25, 0.3) is 10.9 Å². The molecule has 0 aliphatic heterocycles. The number of fused-ring (bicyclic) bond motifs is 1. The second kappa shape index (κ2) is 4.65. The monoisotopic (exact) mass is 292 g/mol. The van der Waals surface area contributed by atoms with Crippen molar-refractivity contribution in [2.75, 3.05) is 12.4 Å². The highest BCUT2D eigenvalue weighted by Crippen LogP contribution is 2.33. The number of hydrogen-bond donors (Lipinski definition) is 1. The van der Waals surface area contributed by atoms with E-state index >= 15 is 0 Å². The maximum atomic E-state index is 4.77. The van der Waals surface area contributed by atoms with Gasteiger partial charge in [0.05, 0.1) is 5.52 Å². The van der Waals surface area contributed by atoms with E-state index in [4.69, 9.17) is 4.98 Å². The van der Waals surface area contributed by atoms with Gasteiger partial charge in [-0.15, -0.1) is 0 Å². The summed E-state index contributed by atoms with van der Waals surface area (Å²) >= 11 is 3.60. The van der Waals surface area contributed by atoms with E-state index < -0.39 is 0 Å². The van der Waals surface area contributed by atoms with Gasteiger partial charge in [0.2, 0.25) is 0 Å². The van der Waals surface area contributed by atoms with Crippen molar-refractivity contribution < 1.29 is 0 Å². The number of aromatic nitrogens is 1. The molecular weight excluding hydrogens is 276 g/mol. The van der Waals surface area contributed by atoms with Gasteiger partial charge in [-0.1, -0.05) is 35.8 Å². The molecule has 90 valence electrons. The van der Waals surface area contributed by atoms with E-state index in [1.165, 1.54) is 5.56 Å². The first-order valence-corrected chi connectivity index (χ1v) is 6.61. The Balaban J connectivity index is 2.87. The molecule has 3 heteroatoms. The van der Waals surface area contributed by atoms with E-state index in [-0.39, 0.29) is 0 Å². The van der Waals surface area contributed by atoms with Crippen molar-refractivity contribution in [3.8, 4) is 0 Å². The van der Waals surface area contributed by atoms with Crippen LogP contribution in [0.3, 0.4) is 0 Å². The molecule has 0 atom stereocenters. The van der Waals surface area contributed by atoms with Crippen LogP contribution in [-0.4, -0.2) is 12.0 Å². The Kier molecular flexibility index (Phi) is 3.38. The molecule has 0 spiro atoms. The Bertz CT molecular complexity index is 562. The number of aryl methyl sites for hydroxylation is 1. The van der Waals surface area contributed by atoms with Crippen molar-refractivity contribution in [2.24, 2.45) is 0 Å². The smallest absolute Gasteiger partial charge is 0.0766 e. The third kappa shape index (κ3) is 2.16. The minimum Gasteiger partial charge on any atom is -0.387 e. The summed E-state index contributed by atoms with van der Waals surface area (Å²) in [5, 5.41) is 4.43. The molecule has 1 aromatic heterocycles. The number of nitrogens with zero attached hydrogens (tertiary/aromatic N) is 1. The maximum absolute atomic E-state index is 4.77. The number of halogens is 1. The molecular formula is C14H17BrN2. The first kappa shape index (κ1) is 12.4. The molecule has 0 aliphatic carbocycles. The topological polar surface area (TPSA) is 24.9 Å². The predicted molar refractivity (Wildman–Crippen MR) is 77.8 cm³/mol. The number of hydrogen-bond acceptors (Lipinski definition) is 2. The van der Waals surface area contributed by atoms with Crippen LogP contribution in [0.5, 0.6) is 0 Å². The Morgan fingerprint density at radius 1 is 1.29 bits per heavy atom. The summed E-state index contributed by atoms with van der Waals surface area (Å²) in [6.45, 7) is 6.44. The van der Waals surface area contributed by atoms with Crippen molar-refractivity contribution in [1.82, 2.24) is 4.98 Å². The molecule has 2 aromatic rings. The average molecular weight is 293 g/mol. The first-order valence-electron chi connectivity index (χ1n) is 5.82. The zero-order chi connectivity index (χ0) is 12.6. The molecule has 1 aromatic carbocycles. The fourth-order valence-corrected chi connectivity index (χ4v) is 2.48. The number of pyridine rings is 1. The summed E-state index contributed by atoms with van der Waals surface area (Å²) in [6.07, 6.45) is 0. The van der Waals surface area contributed by atoms with Crippen LogP contribution in [0.15, 0.2) is 22.7 Å². The highest BCUT2D eigenvalue weighted by molar-refractivity contribution is 9.10. The van der Waals surface area contributed by atoms with Gasteiger partial charge in [0, 0.05) is 28.3 Å². The molecule has 0 saturated heterocycles. The van der Waals surface area contributed by atoms with Gasteiger partial charge in [-0.05, 0) is 30.5 Å². The van der Waals surface area contributed by atoms with Gasteiger partial charge in [0.25, 0.3) is 0 Å². The zero-order valence-corrected chi connectivity index (χ0v) is 12.2. The molecule has 0 fully saturated rings. The van der Waals surface area contributed by atoms with E-state index in [0.717, 1.165) is 26.8 Å². The van der Waals surface area contributed by atoms with Gasteiger partial charge in [-0.3, -0.25) is 4.98 Å². The average Bonchev–Trinajstić information content (AvgIpc) is 2.32. The fraction of sp³-hybridized carbons (Fsp3) is 0.357. The number of benzene rings is 1. The van der Waals surface area contributed by atoms with Crippen molar-refractivity contribution in [2.45, 2.75) is 26.7 Å². The van der Waals surface area contributed by atoms with E-state index in [1.54, 1.807) is 0 Å². The van der Waals surface area contributed by atoms with Crippen LogP contribution in [0.2, 0.25) is 0 Å². The zero-order valence-electron chi connectivity index (χ0n) is 10.6. The Morgan fingerprint density at radius 3 is 2.59 bits per heavy atom. The maximum Gasteiger partial charge on any atom is 0.0766 e. The van der Waals surface area contributed by atoms with Gasteiger partial charge in [0.1, 0.15) is 0 Å². The fourth-order valence-electron chi connectivity index (χ4n) is 1.95. The number of anilines is 1. The van der Waals surface area contributed by atoms with Gasteiger partial charge in [0.15, 0.2) is 0 Å². The third-order valence-electron chi connectivity index (χ3n) is 2.99. The van der Waals surface area contributed by atoms with Crippen molar-refractivity contribution in [1.29, 1.82) is 0 Å². The molecule has 0 aliphatic rings.